The molecule has 0 bridgehead atoms. The van der Waals surface area contributed by atoms with Crippen molar-refractivity contribution in [1.29, 1.82) is 0 Å². The van der Waals surface area contributed by atoms with Crippen molar-refractivity contribution in [3.63, 3.8) is 0 Å². The van der Waals surface area contributed by atoms with Crippen molar-refractivity contribution < 1.29 is 4.79 Å². The van der Waals surface area contributed by atoms with E-state index in [9.17, 15) is 9.59 Å². The molecule has 3 aromatic rings. The Hall–Kier alpha value is -2.96. The topological polar surface area (TPSA) is 81.8 Å². The molecule has 1 saturated carbocycles. The van der Waals surface area contributed by atoms with Crippen molar-refractivity contribution in [3.05, 3.63) is 57.6 Å². The molecule has 0 radical (unpaired) electrons. The number of nitrogens with one attached hydrogen (secondary N) is 1. The van der Waals surface area contributed by atoms with E-state index in [4.69, 9.17) is 0 Å². The molecule has 7 nitrogen and oxygen atoms in total. The van der Waals surface area contributed by atoms with Crippen LogP contribution in [-0.4, -0.2) is 31.5 Å². The zero-order valence-corrected chi connectivity index (χ0v) is 16.6. The third-order valence-corrected chi connectivity index (χ3v) is 6.33. The molecule has 2 aliphatic carbocycles. The van der Waals surface area contributed by atoms with E-state index in [1.165, 1.54) is 0 Å². The molecule has 2 aromatic heterocycles. The van der Waals surface area contributed by atoms with Crippen LogP contribution in [0.1, 0.15) is 59.9 Å². The maximum atomic E-state index is 12.8. The Labute approximate surface area is 168 Å². The van der Waals surface area contributed by atoms with Crippen molar-refractivity contribution >= 4 is 16.8 Å². The zero-order chi connectivity index (χ0) is 20.0. The van der Waals surface area contributed by atoms with Crippen LogP contribution in [0.4, 0.5) is 0 Å². The van der Waals surface area contributed by atoms with Crippen LogP contribution in [0.2, 0.25) is 0 Å². The number of carbonyl (C=O) groups is 1. The van der Waals surface area contributed by atoms with Crippen LogP contribution in [0, 0.1) is 0 Å². The number of aromatic nitrogens is 4. The van der Waals surface area contributed by atoms with Crippen LogP contribution < -0.4 is 10.9 Å². The molecule has 0 unspecified atom stereocenters. The number of aryl methyl sites for hydroxylation is 3. The molecule has 2 aliphatic rings. The number of hydrogen-bond acceptors (Lipinski definition) is 4. The summed E-state index contributed by atoms with van der Waals surface area (Å²) in [4.78, 5) is 25.3. The number of fused-ring (bicyclic) bond motifs is 2. The van der Waals surface area contributed by atoms with E-state index < -0.39 is 0 Å². The standard InChI is InChI=1S/C22H25N5O2/c1-26-19-8-3-2-6-17(19)21(25-26)22(29)23-15-9-11-16(12-10-15)27-20(28)13-14-5-4-7-18(14)24-27/h2-3,6,8,13,15-16H,4-5,7,9-12H2,1H3,(H,23,29). The normalized spacial score (nSPS) is 21.3. The van der Waals surface area contributed by atoms with Crippen LogP contribution in [0.25, 0.3) is 10.9 Å². The quantitative estimate of drug-likeness (QED) is 0.744. The first-order chi connectivity index (χ1) is 14.1. The van der Waals surface area contributed by atoms with Gasteiger partial charge in [0.25, 0.3) is 11.5 Å². The van der Waals surface area contributed by atoms with Crippen LogP contribution in [0.5, 0.6) is 0 Å². The van der Waals surface area contributed by atoms with E-state index in [-0.39, 0.29) is 23.6 Å². The number of benzene rings is 1. The average molecular weight is 391 g/mol. The summed E-state index contributed by atoms with van der Waals surface area (Å²) in [7, 11) is 1.85. The minimum absolute atomic E-state index is 0.0121. The molecule has 1 fully saturated rings. The minimum atomic E-state index is -0.127. The third-order valence-electron chi connectivity index (χ3n) is 6.33. The highest BCUT2D eigenvalue weighted by Crippen LogP contribution is 2.28. The highest BCUT2D eigenvalue weighted by atomic mass is 16.2. The van der Waals surface area contributed by atoms with Gasteiger partial charge in [0.05, 0.1) is 17.3 Å². The van der Waals surface area contributed by atoms with Gasteiger partial charge in [-0.25, -0.2) is 4.68 Å². The molecule has 29 heavy (non-hydrogen) atoms. The average Bonchev–Trinajstić information content (AvgIpc) is 3.32. The van der Waals surface area contributed by atoms with E-state index in [0.29, 0.717) is 5.69 Å². The van der Waals surface area contributed by atoms with Crippen LogP contribution in [-0.2, 0) is 19.9 Å². The number of para-hydroxylation sites is 1. The second kappa shape index (κ2) is 7.13. The van der Waals surface area contributed by atoms with Crippen molar-refractivity contribution in [3.8, 4) is 0 Å². The van der Waals surface area contributed by atoms with Crippen LogP contribution in [0.15, 0.2) is 35.1 Å². The van der Waals surface area contributed by atoms with E-state index in [1.54, 1.807) is 15.4 Å². The van der Waals surface area contributed by atoms with Gasteiger partial charge in [0.2, 0.25) is 0 Å². The van der Waals surface area contributed by atoms with E-state index >= 15 is 0 Å². The largest absolute Gasteiger partial charge is 0.348 e. The Morgan fingerprint density at radius 1 is 1.10 bits per heavy atom. The van der Waals surface area contributed by atoms with Gasteiger partial charge < -0.3 is 5.32 Å². The number of nitrogens with zero attached hydrogens (tertiary/aromatic N) is 4. The minimum Gasteiger partial charge on any atom is -0.348 e. The highest BCUT2D eigenvalue weighted by Gasteiger charge is 2.27. The molecule has 1 N–H and O–H groups in total. The third kappa shape index (κ3) is 3.24. The maximum Gasteiger partial charge on any atom is 0.272 e. The fourth-order valence-corrected chi connectivity index (χ4v) is 4.78. The maximum absolute atomic E-state index is 12.8. The van der Waals surface area contributed by atoms with Crippen molar-refractivity contribution in [2.75, 3.05) is 0 Å². The lowest BCUT2D eigenvalue weighted by atomic mass is 9.91. The molecule has 0 aliphatic heterocycles. The first-order valence-electron chi connectivity index (χ1n) is 10.4. The fraction of sp³-hybridized carbons (Fsp3) is 0.455. The molecule has 0 saturated heterocycles. The molecule has 7 heteroatoms. The summed E-state index contributed by atoms with van der Waals surface area (Å²) < 4.78 is 3.43. The molecule has 1 aromatic carbocycles. The van der Waals surface area contributed by atoms with Crippen LogP contribution in [0.3, 0.4) is 0 Å². The van der Waals surface area contributed by atoms with Crippen molar-refractivity contribution in [1.82, 2.24) is 24.9 Å². The van der Waals surface area contributed by atoms with E-state index in [0.717, 1.165) is 67.1 Å². The molecule has 0 atom stereocenters. The lowest BCUT2D eigenvalue weighted by Crippen LogP contribution is -2.40. The van der Waals surface area contributed by atoms with Gasteiger partial charge in [-0.2, -0.15) is 10.2 Å². The molecule has 1 amide bonds. The SMILES string of the molecule is Cn1nc(C(=O)NC2CCC(n3nc4c(cc3=O)CCC4)CC2)c2ccccc21. The Morgan fingerprint density at radius 3 is 2.72 bits per heavy atom. The fourth-order valence-electron chi connectivity index (χ4n) is 4.78. The lowest BCUT2D eigenvalue weighted by Gasteiger charge is -2.29. The van der Waals surface area contributed by atoms with Gasteiger partial charge in [-0.1, -0.05) is 18.2 Å². The first-order valence-corrected chi connectivity index (χ1v) is 10.4. The van der Waals surface area contributed by atoms with Gasteiger partial charge in [0, 0.05) is 24.5 Å². The van der Waals surface area contributed by atoms with Gasteiger partial charge >= 0.3 is 0 Å². The monoisotopic (exact) mass is 391 g/mol. The molecule has 5 rings (SSSR count). The number of amides is 1. The van der Waals surface area contributed by atoms with Crippen LogP contribution >= 0.6 is 0 Å². The first kappa shape index (κ1) is 18.1. The number of hydrogen-bond donors (Lipinski definition) is 1. The number of rotatable bonds is 3. The molecule has 2 heterocycles. The Kier molecular flexibility index (Phi) is 4.45. The van der Waals surface area contributed by atoms with Gasteiger partial charge in [-0.05, 0) is 56.6 Å². The van der Waals surface area contributed by atoms with E-state index in [1.807, 2.05) is 31.3 Å². The highest BCUT2D eigenvalue weighted by molar-refractivity contribution is 6.04. The Bertz CT molecular complexity index is 1140. The summed E-state index contributed by atoms with van der Waals surface area (Å²) in [5.74, 6) is -0.127. The Morgan fingerprint density at radius 2 is 1.90 bits per heavy atom. The predicted molar refractivity (Wildman–Crippen MR) is 110 cm³/mol. The summed E-state index contributed by atoms with van der Waals surface area (Å²) in [6, 6.07) is 9.76. The molecule has 0 spiro atoms. The van der Waals surface area contributed by atoms with Crippen molar-refractivity contribution in [2.24, 2.45) is 7.05 Å². The summed E-state index contributed by atoms with van der Waals surface area (Å²) in [5.41, 5.74) is 3.64. The number of carbonyl (C=O) groups excluding carboxylic acids is 1. The summed E-state index contributed by atoms with van der Waals surface area (Å²) >= 11 is 0. The summed E-state index contributed by atoms with van der Waals surface area (Å²) in [6.07, 6.45) is 6.41. The summed E-state index contributed by atoms with van der Waals surface area (Å²) in [6.45, 7) is 0. The molecule has 150 valence electrons. The second-order valence-electron chi connectivity index (χ2n) is 8.22. The van der Waals surface area contributed by atoms with E-state index in [2.05, 4.69) is 15.5 Å². The molecular weight excluding hydrogens is 366 g/mol. The smallest absolute Gasteiger partial charge is 0.272 e. The predicted octanol–water partition coefficient (Wildman–Crippen LogP) is 2.53. The Balaban J connectivity index is 1.27. The van der Waals surface area contributed by atoms with Gasteiger partial charge in [0.1, 0.15) is 0 Å². The van der Waals surface area contributed by atoms with Gasteiger partial charge in [-0.3, -0.25) is 14.3 Å². The second-order valence-corrected chi connectivity index (χ2v) is 8.22. The lowest BCUT2D eigenvalue weighted by molar-refractivity contribution is 0.0917. The summed E-state index contributed by atoms with van der Waals surface area (Å²) in [5, 5.41) is 13.1. The van der Waals surface area contributed by atoms with Gasteiger partial charge in [0.15, 0.2) is 5.69 Å². The van der Waals surface area contributed by atoms with Crippen molar-refractivity contribution in [2.45, 2.75) is 57.0 Å². The molecular formula is C22H25N5O2. The van der Waals surface area contributed by atoms with Gasteiger partial charge in [-0.15, -0.1) is 0 Å². The zero-order valence-electron chi connectivity index (χ0n) is 16.6.